The van der Waals surface area contributed by atoms with Crippen molar-refractivity contribution in [1.29, 1.82) is 0 Å². The van der Waals surface area contributed by atoms with Gasteiger partial charge in [-0.2, -0.15) is 0 Å². The van der Waals surface area contributed by atoms with E-state index in [4.69, 9.17) is 21.1 Å². The SMILES string of the molecule is CCCNC(=O)[C@H](CC)N(Cc1cccc(OC)c1)C(=O)CN(c1cc(Cl)ccc1OC)S(=O)(=O)c1ccc(C)c([N+](=O)[O-])c1. The van der Waals surface area contributed by atoms with Crippen LogP contribution in [0.15, 0.2) is 65.6 Å². The molecule has 0 heterocycles. The average Bonchev–Trinajstić information content (AvgIpc) is 3.02. The highest BCUT2D eigenvalue weighted by molar-refractivity contribution is 7.92. The summed E-state index contributed by atoms with van der Waals surface area (Å²) in [5.74, 6) is -0.468. The molecular weight excluding hydrogens is 624 g/mol. The van der Waals surface area contributed by atoms with E-state index < -0.39 is 44.0 Å². The molecule has 0 spiro atoms. The zero-order valence-corrected chi connectivity index (χ0v) is 27.4. The van der Waals surface area contributed by atoms with Gasteiger partial charge in [0, 0.05) is 29.7 Å². The fraction of sp³-hybridized carbons (Fsp3) is 0.355. The first-order valence-electron chi connectivity index (χ1n) is 14.2. The Morgan fingerprint density at radius 2 is 1.78 bits per heavy atom. The van der Waals surface area contributed by atoms with Gasteiger partial charge >= 0.3 is 0 Å². The largest absolute Gasteiger partial charge is 0.497 e. The second kappa shape index (κ2) is 15.6. The van der Waals surface area contributed by atoms with Crippen molar-refractivity contribution in [3.63, 3.8) is 0 Å². The van der Waals surface area contributed by atoms with Gasteiger partial charge in [-0.25, -0.2) is 8.42 Å². The van der Waals surface area contributed by atoms with Crippen LogP contribution in [0.5, 0.6) is 11.5 Å². The molecule has 3 aromatic carbocycles. The fourth-order valence-corrected chi connectivity index (χ4v) is 6.30. The number of rotatable bonds is 15. The fourth-order valence-electron chi connectivity index (χ4n) is 4.70. The van der Waals surface area contributed by atoms with Crippen LogP contribution >= 0.6 is 11.6 Å². The lowest BCUT2D eigenvalue weighted by molar-refractivity contribution is -0.385. The molecule has 0 saturated heterocycles. The number of hydrogen-bond donors (Lipinski definition) is 1. The van der Waals surface area contributed by atoms with Crippen LogP contribution in [-0.4, -0.2) is 63.4 Å². The molecule has 2 amide bonds. The van der Waals surface area contributed by atoms with Crippen molar-refractivity contribution in [2.75, 3.05) is 31.6 Å². The number of sulfonamides is 1. The first-order chi connectivity index (χ1) is 21.4. The highest BCUT2D eigenvalue weighted by atomic mass is 35.5. The van der Waals surface area contributed by atoms with E-state index in [1.165, 1.54) is 56.4 Å². The number of amides is 2. The quantitative estimate of drug-likeness (QED) is 0.175. The second-order valence-electron chi connectivity index (χ2n) is 10.1. The molecule has 0 saturated carbocycles. The van der Waals surface area contributed by atoms with Gasteiger partial charge in [0.2, 0.25) is 11.8 Å². The monoisotopic (exact) mass is 660 g/mol. The Morgan fingerprint density at radius 3 is 2.40 bits per heavy atom. The van der Waals surface area contributed by atoms with E-state index in [9.17, 15) is 28.1 Å². The molecule has 3 aromatic rings. The van der Waals surface area contributed by atoms with E-state index in [1.54, 1.807) is 31.2 Å². The van der Waals surface area contributed by atoms with Crippen LogP contribution in [0.2, 0.25) is 5.02 Å². The maximum Gasteiger partial charge on any atom is 0.273 e. The van der Waals surface area contributed by atoms with E-state index in [-0.39, 0.29) is 40.9 Å². The molecule has 0 radical (unpaired) electrons. The third-order valence-corrected chi connectivity index (χ3v) is 9.07. The first-order valence-corrected chi connectivity index (χ1v) is 16.0. The Kier molecular flexibility index (Phi) is 12.2. The molecule has 0 aliphatic carbocycles. The number of carbonyl (C=O) groups excluding carboxylic acids is 2. The van der Waals surface area contributed by atoms with Crippen molar-refractivity contribution >= 4 is 44.8 Å². The third kappa shape index (κ3) is 8.43. The molecular formula is C31H37ClN4O8S. The van der Waals surface area contributed by atoms with Crippen molar-refractivity contribution in [3.8, 4) is 11.5 Å². The molecule has 242 valence electrons. The van der Waals surface area contributed by atoms with Crippen molar-refractivity contribution in [2.24, 2.45) is 0 Å². The van der Waals surface area contributed by atoms with Gasteiger partial charge in [0.05, 0.1) is 29.7 Å². The number of carbonyl (C=O) groups is 2. The summed E-state index contributed by atoms with van der Waals surface area (Å²) in [6.45, 7) is 4.72. The highest BCUT2D eigenvalue weighted by Crippen LogP contribution is 2.36. The lowest BCUT2D eigenvalue weighted by Gasteiger charge is -2.33. The summed E-state index contributed by atoms with van der Waals surface area (Å²) in [7, 11) is -1.80. The predicted octanol–water partition coefficient (Wildman–Crippen LogP) is 5.10. The minimum absolute atomic E-state index is 0.0370. The number of nitro groups is 1. The Bertz CT molecular complexity index is 1650. The standard InChI is InChI=1S/C31H37ClN4O8S/c1-6-15-33-31(38)26(7-2)34(19-22-9-8-10-24(16-22)43-4)30(37)20-35(28-17-23(32)12-14-29(28)44-5)45(41,42)25-13-11-21(3)27(18-25)36(39)40/h8-14,16-18,26H,6-7,15,19-20H2,1-5H3,(H,33,38)/t26-/m0/s1. The molecule has 3 rings (SSSR count). The van der Waals surface area contributed by atoms with Gasteiger partial charge in [-0.05, 0) is 61.7 Å². The Labute approximate surface area is 268 Å². The number of methoxy groups -OCH3 is 2. The molecule has 0 unspecified atom stereocenters. The molecule has 1 atom stereocenters. The summed E-state index contributed by atoms with van der Waals surface area (Å²) in [5.41, 5.74) is 0.439. The zero-order valence-electron chi connectivity index (χ0n) is 25.8. The van der Waals surface area contributed by atoms with Crippen molar-refractivity contribution in [3.05, 3.63) is 86.9 Å². The van der Waals surface area contributed by atoms with Gasteiger partial charge < -0.3 is 19.7 Å². The predicted molar refractivity (Wildman–Crippen MR) is 171 cm³/mol. The molecule has 0 aliphatic rings. The Hall–Kier alpha value is -4.36. The van der Waals surface area contributed by atoms with Gasteiger partial charge in [0.25, 0.3) is 15.7 Å². The van der Waals surface area contributed by atoms with Crippen LogP contribution in [0.4, 0.5) is 11.4 Å². The number of aryl methyl sites for hydroxylation is 1. The molecule has 0 aromatic heterocycles. The van der Waals surface area contributed by atoms with E-state index >= 15 is 0 Å². The Balaban J connectivity index is 2.19. The summed E-state index contributed by atoms with van der Waals surface area (Å²) >= 11 is 6.27. The van der Waals surface area contributed by atoms with Crippen LogP contribution in [0.25, 0.3) is 0 Å². The zero-order chi connectivity index (χ0) is 33.3. The Morgan fingerprint density at radius 1 is 1.04 bits per heavy atom. The van der Waals surface area contributed by atoms with Crippen LogP contribution in [0.3, 0.4) is 0 Å². The second-order valence-corrected chi connectivity index (χ2v) is 12.4. The lowest BCUT2D eigenvalue weighted by atomic mass is 10.1. The molecule has 45 heavy (non-hydrogen) atoms. The van der Waals surface area contributed by atoms with Gasteiger partial charge in [0.1, 0.15) is 24.1 Å². The molecule has 0 bridgehead atoms. The molecule has 0 aliphatic heterocycles. The summed E-state index contributed by atoms with van der Waals surface area (Å²) < 4.78 is 40.1. The number of ether oxygens (including phenoxy) is 2. The van der Waals surface area contributed by atoms with Crippen LogP contribution in [-0.2, 0) is 26.2 Å². The first kappa shape index (κ1) is 35.1. The van der Waals surface area contributed by atoms with Crippen molar-refractivity contribution < 1.29 is 32.4 Å². The van der Waals surface area contributed by atoms with E-state index in [2.05, 4.69) is 5.32 Å². The minimum atomic E-state index is -4.63. The smallest absolute Gasteiger partial charge is 0.273 e. The minimum Gasteiger partial charge on any atom is -0.497 e. The topological polar surface area (TPSA) is 148 Å². The normalized spacial score (nSPS) is 11.8. The van der Waals surface area contributed by atoms with Crippen LogP contribution in [0.1, 0.15) is 37.8 Å². The van der Waals surface area contributed by atoms with Crippen LogP contribution < -0.4 is 19.1 Å². The summed E-state index contributed by atoms with van der Waals surface area (Å²) in [5, 5.41) is 14.7. The third-order valence-electron chi connectivity index (χ3n) is 7.08. The number of anilines is 1. The summed E-state index contributed by atoms with van der Waals surface area (Å²) in [6.07, 6.45) is 0.915. The van der Waals surface area contributed by atoms with Gasteiger partial charge in [-0.1, -0.05) is 43.6 Å². The van der Waals surface area contributed by atoms with E-state index in [0.29, 0.717) is 24.3 Å². The average molecular weight is 661 g/mol. The van der Waals surface area contributed by atoms with E-state index in [0.717, 1.165) is 10.4 Å². The number of halogens is 1. The number of nitrogens with zero attached hydrogens (tertiary/aromatic N) is 3. The number of nitro benzene ring substituents is 1. The van der Waals surface area contributed by atoms with Gasteiger partial charge in [0.15, 0.2) is 0 Å². The van der Waals surface area contributed by atoms with Crippen LogP contribution in [0, 0.1) is 17.0 Å². The summed E-state index contributed by atoms with van der Waals surface area (Å²) in [6, 6.07) is 13.8. The number of nitrogens with one attached hydrogen (secondary N) is 1. The maximum absolute atomic E-state index is 14.3. The molecule has 1 N–H and O–H groups in total. The van der Waals surface area contributed by atoms with Crippen molar-refractivity contribution in [2.45, 2.75) is 51.1 Å². The number of hydrogen-bond acceptors (Lipinski definition) is 8. The molecule has 0 fully saturated rings. The highest BCUT2D eigenvalue weighted by Gasteiger charge is 2.35. The van der Waals surface area contributed by atoms with Crippen molar-refractivity contribution in [1.82, 2.24) is 10.2 Å². The van der Waals surface area contributed by atoms with Gasteiger partial charge in [-0.15, -0.1) is 0 Å². The summed E-state index contributed by atoms with van der Waals surface area (Å²) in [4.78, 5) is 39.5. The van der Waals surface area contributed by atoms with E-state index in [1.807, 2.05) is 6.92 Å². The maximum atomic E-state index is 14.3. The van der Waals surface area contributed by atoms with Gasteiger partial charge in [-0.3, -0.25) is 24.0 Å². The lowest BCUT2D eigenvalue weighted by Crippen LogP contribution is -2.52. The molecule has 12 nitrogen and oxygen atoms in total. The molecule has 14 heteroatoms. The number of benzene rings is 3.